The highest BCUT2D eigenvalue weighted by molar-refractivity contribution is 4.80. The maximum Gasteiger partial charge on any atom is 0.169 e. The van der Waals surface area contributed by atoms with Crippen molar-refractivity contribution in [3.05, 3.63) is 0 Å². The molecule has 0 saturated carbocycles. The first kappa shape index (κ1) is 13.2. The van der Waals surface area contributed by atoms with Gasteiger partial charge in [0, 0.05) is 12.6 Å². The van der Waals surface area contributed by atoms with E-state index in [2.05, 4.69) is 10.2 Å². The first-order valence-corrected chi connectivity index (χ1v) is 6.69. The van der Waals surface area contributed by atoms with Crippen molar-refractivity contribution < 1.29 is 14.9 Å². The zero-order valence-corrected chi connectivity index (χ0v) is 10.3. The number of likely N-dealkylation sites (tertiary alicyclic amines) is 1. The summed E-state index contributed by atoms with van der Waals surface area (Å²) < 4.78 is 5.56. The summed E-state index contributed by atoms with van der Waals surface area (Å²) in [6, 6.07) is 0.459. The Kier molecular flexibility index (Phi) is 5.18. The Morgan fingerprint density at radius 3 is 2.94 bits per heavy atom. The van der Waals surface area contributed by atoms with Gasteiger partial charge in [0.25, 0.3) is 0 Å². The number of ether oxygens (including phenoxy) is 1. The highest BCUT2D eigenvalue weighted by Gasteiger charge is 2.27. The molecule has 2 saturated heterocycles. The van der Waals surface area contributed by atoms with E-state index in [1.165, 1.54) is 0 Å². The molecule has 2 aliphatic rings. The molecular formula is C12H24N2O3. The lowest BCUT2D eigenvalue weighted by Crippen LogP contribution is -2.41. The molecule has 3 unspecified atom stereocenters. The number of hydrogen-bond donors (Lipinski definition) is 3. The summed E-state index contributed by atoms with van der Waals surface area (Å²) in [6.07, 6.45) is 3.68. The third-order valence-corrected chi connectivity index (χ3v) is 3.79. The topological polar surface area (TPSA) is 65.0 Å². The normalized spacial score (nSPS) is 32.1. The molecule has 2 rings (SSSR count). The number of nitrogens with one attached hydrogen (secondary N) is 1. The minimum Gasteiger partial charge on any atom is -0.395 e. The van der Waals surface area contributed by atoms with Crippen LogP contribution in [0, 0.1) is 0 Å². The van der Waals surface area contributed by atoms with Crippen molar-refractivity contribution in [3.8, 4) is 0 Å². The molecule has 0 bridgehead atoms. The fraction of sp³-hybridized carbons (Fsp3) is 1.00. The standard InChI is InChI=1S/C12H24N2O3/c15-8-7-14-6-2-3-10(14)9-17-12(16)11-4-1-5-13-11/h10-13,15-16H,1-9H2. The monoisotopic (exact) mass is 244 g/mol. The molecule has 2 fully saturated rings. The second-order valence-corrected chi connectivity index (χ2v) is 4.98. The van der Waals surface area contributed by atoms with Gasteiger partial charge in [-0.2, -0.15) is 0 Å². The van der Waals surface area contributed by atoms with Crippen LogP contribution in [0.2, 0.25) is 0 Å². The fourth-order valence-electron chi connectivity index (χ4n) is 2.79. The molecule has 0 aromatic carbocycles. The lowest BCUT2D eigenvalue weighted by molar-refractivity contribution is -0.127. The van der Waals surface area contributed by atoms with Crippen molar-refractivity contribution in [2.75, 3.05) is 32.8 Å². The number of β-amino-alcohol motifs (C(OH)–C–C–N with tert-alkyl or cyclic N) is 1. The average Bonchev–Trinajstić information content (AvgIpc) is 2.97. The van der Waals surface area contributed by atoms with Crippen molar-refractivity contribution >= 4 is 0 Å². The second-order valence-electron chi connectivity index (χ2n) is 4.98. The van der Waals surface area contributed by atoms with Gasteiger partial charge in [-0.05, 0) is 38.8 Å². The van der Waals surface area contributed by atoms with Crippen LogP contribution in [0.5, 0.6) is 0 Å². The summed E-state index contributed by atoms with van der Waals surface area (Å²) in [5, 5.41) is 22.1. The van der Waals surface area contributed by atoms with Gasteiger partial charge in [0.2, 0.25) is 0 Å². The van der Waals surface area contributed by atoms with Gasteiger partial charge in [0.1, 0.15) is 0 Å². The molecule has 5 nitrogen and oxygen atoms in total. The van der Waals surface area contributed by atoms with Crippen LogP contribution in [-0.4, -0.2) is 66.3 Å². The van der Waals surface area contributed by atoms with E-state index in [9.17, 15) is 5.11 Å². The molecule has 0 spiro atoms. The highest BCUT2D eigenvalue weighted by Crippen LogP contribution is 2.18. The molecular weight excluding hydrogens is 220 g/mol. The molecule has 0 aromatic rings. The maximum atomic E-state index is 9.87. The molecule has 0 radical (unpaired) electrons. The van der Waals surface area contributed by atoms with E-state index in [-0.39, 0.29) is 12.6 Å². The predicted molar refractivity (Wildman–Crippen MR) is 64.7 cm³/mol. The number of aliphatic hydroxyl groups is 2. The van der Waals surface area contributed by atoms with Crippen molar-refractivity contribution in [2.45, 2.75) is 44.1 Å². The third kappa shape index (κ3) is 3.63. The largest absolute Gasteiger partial charge is 0.395 e. The van der Waals surface area contributed by atoms with Gasteiger partial charge in [0.05, 0.1) is 19.3 Å². The minimum absolute atomic E-state index is 0.0997. The number of hydrogen-bond acceptors (Lipinski definition) is 5. The molecule has 3 atom stereocenters. The molecule has 0 aliphatic carbocycles. The molecule has 5 heteroatoms. The average molecular weight is 244 g/mol. The summed E-state index contributed by atoms with van der Waals surface area (Å²) in [5.74, 6) is 0. The molecule has 0 aromatic heterocycles. The minimum atomic E-state index is -0.686. The molecule has 2 heterocycles. The summed E-state index contributed by atoms with van der Waals surface area (Å²) in [4.78, 5) is 2.24. The lowest BCUT2D eigenvalue weighted by atomic mass is 10.2. The van der Waals surface area contributed by atoms with Crippen molar-refractivity contribution in [1.82, 2.24) is 10.2 Å². The van der Waals surface area contributed by atoms with Crippen molar-refractivity contribution in [3.63, 3.8) is 0 Å². The van der Waals surface area contributed by atoms with E-state index in [0.717, 1.165) is 38.8 Å². The van der Waals surface area contributed by atoms with E-state index < -0.39 is 6.29 Å². The van der Waals surface area contributed by atoms with Crippen LogP contribution in [0.3, 0.4) is 0 Å². The first-order chi connectivity index (χ1) is 8.31. The lowest BCUT2D eigenvalue weighted by Gasteiger charge is -2.26. The molecule has 0 amide bonds. The SMILES string of the molecule is OCCN1CCCC1COC(O)C1CCCN1. The van der Waals surface area contributed by atoms with Gasteiger partial charge in [-0.25, -0.2) is 0 Å². The Labute approximate surface area is 103 Å². The summed E-state index contributed by atoms with van der Waals surface area (Å²) >= 11 is 0. The van der Waals surface area contributed by atoms with Gasteiger partial charge in [-0.1, -0.05) is 0 Å². The van der Waals surface area contributed by atoms with E-state index in [1.807, 2.05) is 0 Å². The maximum absolute atomic E-state index is 9.87. The van der Waals surface area contributed by atoms with E-state index in [0.29, 0.717) is 19.2 Å². The van der Waals surface area contributed by atoms with Crippen molar-refractivity contribution in [1.29, 1.82) is 0 Å². The number of aliphatic hydroxyl groups excluding tert-OH is 2. The quantitative estimate of drug-likeness (QED) is 0.551. The Bertz CT molecular complexity index is 222. The Balaban J connectivity index is 1.69. The molecule has 2 aliphatic heterocycles. The van der Waals surface area contributed by atoms with Gasteiger partial charge in [0.15, 0.2) is 6.29 Å². The molecule has 17 heavy (non-hydrogen) atoms. The van der Waals surface area contributed by atoms with E-state index >= 15 is 0 Å². The first-order valence-electron chi connectivity index (χ1n) is 6.69. The molecule has 3 N–H and O–H groups in total. The zero-order valence-electron chi connectivity index (χ0n) is 10.3. The number of nitrogens with zero attached hydrogens (tertiary/aromatic N) is 1. The Hall–Kier alpha value is -0.200. The second kappa shape index (κ2) is 6.66. The predicted octanol–water partition coefficient (Wildman–Crippen LogP) is -0.470. The third-order valence-electron chi connectivity index (χ3n) is 3.79. The van der Waals surface area contributed by atoms with Gasteiger partial charge in [-0.3, -0.25) is 4.90 Å². The summed E-state index contributed by atoms with van der Waals surface area (Å²) in [6.45, 7) is 3.49. The number of rotatable bonds is 6. The summed E-state index contributed by atoms with van der Waals surface area (Å²) in [7, 11) is 0. The zero-order chi connectivity index (χ0) is 12.1. The van der Waals surface area contributed by atoms with Crippen LogP contribution in [-0.2, 0) is 4.74 Å². The van der Waals surface area contributed by atoms with Crippen LogP contribution in [0.25, 0.3) is 0 Å². The van der Waals surface area contributed by atoms with E-state index in [1.54, 1.807) is 0 Å². The Morgan fingerprint density at radius 1 is 1.35 bits per heavy atom. The van der Waals surface area contributed by atoms with Gasteiger partial charge < -0.3 is 20.3 Å². The fourth-order valence-corrected chi connectivity index (χ4v) is 2.79. The van der Waals surface area contributed by atoms with Crippen LogP contribution in [0.15, 0.2) is 0 Å². The van der Waals surface area contributed by atoms with Gasteiger partial charge in [-0.15, -0.1) is 0 Å². The van der Waals surface area contributed by atoms with Crippen LogP contribution < -0.4 is 5.32 Å². The molecule has 100 valence electrons. The van der Waals surface area contributed by atoms with Crippen LogP contribution in [0.4, 0.5) is 0 Å². The smallest absolute Gasteiger partial charge is 0.169 e. The van der Waals surface area contributed by atoms with Crippen LogP contribution >= 0.6 is 0 Å². The van der Waals surface area contributed by atoms with Crippen LogP contribution in [0.1, 0.15) is 25.7 Å². The Morgan fingerprint density at radius 2 is 2.24 bits per heavy atom. The van der Waals surface area contributed by atoms with Gasteiger partial charge >= 0.3 is 0 Å². The van der Waals surface area contributed by atoms with Crippen molar-refractivity contribution in [2.24, 2.45) is 0 Å². The van der Waals surface area contributed by atoms with E-state index in [4.69, 9.17) is 9.84 Å². The highest BCUT2D eigenvalue weighted by atomic mass is 16.6. The summed E-state index contributed by atoms with van der Waals surface area (Å²) in [5.41, 5.74) is 0.